The lowest BCUT2D eigenvalue weighted by Crippen LogP contribution is -2.30. The fourth-order valence-electron chi connectivity index (χ4n) is 0.945. The Hall–Kier alpha value is -0.365. The second-order valence-electron chi connectivity index (χ2n) is 2.86. The van der Waals surface area contributed by atoms with Gasteiger partial charge in [0.2, 0.25) is 0 Å². The minimum absolute atomic E-state index is 0.0905. The Morgan fingerprint density at radius 2 is 1.58 bits per heavy atom. The van der Waals surface area contributed by atoms with E-state index in [1.54, 1.807) is 12.1 Å². The second kappa shape index (κ2) is 4.04. The first kappa shape index (κ1) is 9.72. The molecule has 1 aromatic rings. The third-order valence-electron chi connectivity index (χ3n) is 1.71. The zero-order valence-electron chi connectivity index (χ0n) is 7.23. The highest BCUT2D eigenvalue weighted by Crippen LogP contribution is 2.21. The Labute approximate surface area is 74.1 Å². The minimum Gasteiger partial charge on any atom is -0.423 e. The van der Waals surface area contributed by atoms with Crippen LogP contribution in [0.15, 0.2) is 24.3 Å². The van der Waals surface area contributed by atoms with Gasteiger partial charge in [0, 0.05) is 0 Å². The molecule has 0 heterocycles. The number of rotatable bonds is 2. The topological polar surface area (TPSA) is 40.5 Å². The van der Waals surface area contributed by atoms with Gasteiger partial charge in [-0.3, -0.25) is 0 Å². The van der Waals surface area contributed by atoms with E-state index in [4.69, 9.17) is 10.0 Å². The molecule has 0 bridgehead atoms. The number of benzene rings is 1. The van der Waals surface area contributed by atoms with Crippen molar-refractivity contribution in [2.45, 2.75) is 0 Å². The standard InChI is InChI=1S/C8H12BO2P/c1-12(2)8-5-3-7(4-6-8)9(10)11/h3-6,10-11H,1-2H3. The highest BCUT2D eigenvalue weighted by Gasteiger charge is 2.09. The largest absolute Gasteiger partial charge is 0.488 e. The van der Waals surface area contributed by atoms with Crippen LogP contribution in [0.2, 0.25) is 0 Å². The summed E-state index contributed by atoms with van der Waals surface area (Å²) in [6, 6.07) is 7.39. The summed E-state index contributed by atoms with van der Waals surface area (Å²) in [5, 5.41) is 18.9. The van der Waals surface area contributed by atoms with E-state index in [0.29, 0.717) is 5.46 Å². The van der Waals surface area contributed by atoms with Gasteiger partial charge in [0.05, 0.1) is 0 Å². The van der Waals surface area contributed by atoms with Crippen molar-refractivity contribution in [3.8, 4) is 0 Å². The van der Waals surface area contributed by atoms with Gasteiger partial charge in [-0.05, 0) is 24.1 Å². The van der Waals surface area contributed by atoms with E-state index >= 15 is 0 Å². The molecule has 2 N–H and O–H groups in total. The summed E-state index contributed by atoms with van der Waals surface area (Å²) in [6.07, 6.45) is 0. The third-order valence-corrected chi connectivity index (χ3v) is 3.04. The number of hydrogen-bond acceptors (Lipinski definition) is 2. The lowest BCUT2D eigenvalue weighted by atomic mass is 9.81. The average molecular weight is 182 g/mol. The smallest absolute Gasteiger partial charge is 0.423 e. The van der Waals surface area contributed by atoms with Crippen LogP contribution in [0, 0.1) is 0 Å². The van der Waals surface area contributed by atoms with E-state index in [9.17, 15) is 0 Å². The van der Waals surface area contributed by atoms with E-state index < -0.39 is 7.12 Å². The van der Waals surface area contributed by atoms with Gasteiger partial charge in [-0.2, -0.15) is 0 Å². The van der Waals surface area contributed by atoms with Crippen LogP contribution in [0.1, 0.15) is 0 Å². The summed E-state index contributed by atoms with van der Waals surface area (Å²) in [5.74, 6) is 0. The normalized spacial score (nSPS) is 10.4. The molecule has 0 aliphatic carbocycles. The van der Waals surface area contributed by atoms with E-state index in [1.165, 1.54) is 5.30 Å². The first-order valence-electron chi connectivity index (χ1n) is 3.74. The molecule has 0 atom stereocenters. The van der Waals surface area contributed by atoms with Crippen LogP contribution < -0.4 is 10.8 Å². The molecular formula is C8H12BO2P. The molecule has 0 aliphatic heterocycles. The molecule has 0 saturated carbocycles. The van der Waals surface area contributed by atoms with E-state index in [2.05, 4.69) is 13.3 Å². The maximum absolute atomic E-state index is 8.81. The quantitative estimate of drug-likeness (QED) is 0.488. The summed E-state index contributed by atoms with van der Waals surface area (Å²) in [4.78, 5) is 0. The Morgan fingerprint density at radius 1 is 1.08 bits per heavy atom. The summed E-state index contributed by atoms with van der Waals surface area (Å²) in [5.41, 5.74) is 0.551. The first-order chi connectivity index (χ1) is 5.61. The lowest BCUT2D eigenvalue weighted by Gasteiger charge is -2.06. The molecule has 0 aromatic heterocycles. The lowest BCUT2D eigenvalue weighted by molar-refractivity contribution is 0.426. The van der Waals surface area contributed by atoms with E-state index in [0.717, 1.165) is 0 Å². The fourth-order valence-corrected chi connectivity index (χ4v) is 1.69. The molecule has 1 rings (SSSR count). The average Bonchev–Trinajstić information content (AvgIpc) is 2.04. The zero-order valence-corrected chi connectivity index (χ0v) is 8.12. The van der Waals surface area contributed by atoms with Crippen LogP contribution in [-0.2, 0) is 0 Å². The van der Waals surface area contributed by atoms with Crippen LogP contribution >= 0.6 is 7.92 Å². The SMILES string of the molecule is CP(C)c1ccc(B(O)O)cc1. The zero-order chi connectivity index (χ0) is 9.14. The molecule has 0 saturated heterocycles. The predicted molar refractivity (Wildman–Crippen MR) is 54.7 cm³/mol. The van der Waals surface area contributed by atoms with Crippen molar-refractivity contribution in [2.24, 2.45) is 0 Å². The molecule has 1 aromatic carbocycles. The van der Waals surface area contributed by atoms with Crippen LogP contribution in [0.3, 0.4) is 0 Å². The van der Waals surface area contributed by atoms with Crippen molar-refractivity contribution in [2.75, 3.05) is 13.3 Å². The van der Waals surface area contributed by atoms with Crippen LogP contribution in [0.4, 0.5) is 0 Å². The van der Waals surface area contributed by atoms with Crippen molar-refractivity contribution in [1.82, 2.24) is 0 Å². The molecule has 0 spiro atoms. The molecule has 0 aliphatic rings. The van der Waals surface area contributed by atoms with Gasteiger partial charge in [-0.15, -0.1) is 0 Å². The van der Waals surface area contributed by atoms with Gasteiger partial charge >= 0.3 is 7.12 Å². The van der Waals surface area contributed by atoms with Gasteiger partial charge in [0.15, 0.2) is 0 Å². The van der Waals surface area contributed by atoms with Crippen molar-refractivity contribution >= 4 is 25.8 Å². The van der Waals surface area contributed by atoms with E-state index in [1.807, 2.05) is 12.1 Å². The van der Waals surface area contributed by atoms with Gasteiger partial charge in [0.1, 0.15) is 0 Å². The highest BCUT2D eigenvalue weighted by atomic mass is 31.1. The molecule has 0 radical (unpaired) electrons. The summed E-state index contributed by atoms with van der Waals surface area (Å²) in [6.45, 7) is 4.33. The molecule has 12 heavy (non-hydrogen) atoms. The predicted octanol–water partition coefficient (Wildman–Crippen LogP) is -0.267. The second-order valence-corrected chi connectivity index (χ2v) is 5.16. The van der Waals surface area contributed by atoms with Crippen molar-refractivity contribution < 1.29 is 10.0 Å². The van der Waals surface area contributed by atoms with Crippen molar-refractivity contribution in [3.05, 3.63) is 24.3 Å². The minimum atomic E-state index is -1.35. The Balaban J connectivity index is 2.86. The van der Waals surface area contributed by atoms with Crippen molar-refractivity contribution in [1.29, 1.82) is 0 Å². The van der Waals surface area contributed by atoms with Gasteiger partial charge in [0.25, 0.3) is 0 Å². The molecule has 0 amide bonds. The Kier molecular flexibility index (Phi) is 3.27. The van der Waals surface area contributed by atoms with Crippen LogP contribution in [0.25, 0.3) is 0 Å². The fraction of sp³-hybridized carbons (Fsp3) is 0.250. The summed E-state index contributed by atoms with van der Waals surface area (Å²) in [7, 11) is -1.44. The van der Waals surface area contributed by atoms with Crippen molar-refractivity contribution in [3.63, 3.8) is 0 Å². The third kappa shape index (κ3) is 2.31. The van der Waals surface area contributed by atoms with Crippen LogP contribution in [-0.4, -0.2) is 30.5 Å². The monoisotopic (exact) mass is 182 g/mol. The molecule has 2 nitrogen and oxygen atoms in total. The maximum atomic E-state index is 8.81. The van der Waals surface area contributed by atoms with Gasteiger partial charge in [-0.1, -0.05) is 32.2 Å². The molecular weight excluding hydrogens is 170 g/mol. The summed E-state index contributed by atoms with van der Waals surface area (Å²) >= 11 is 0. The summed E-state index contributed by atoms with van der Waals surface area (Å²) < 4.78 is 0. The maximum Gasteiger partial charge on any atom is 0.488 e. The Bertz CT molecular complexity index is 219. The Morgan fingerprint density at radius 3 is 1.92 bits per heavy atom. The highest BCUT2D eigenvalue weighted by molar-refractivity contribution is 7.64. The molecule has 0 fully saturated rings. The van der Waals surface area contributed by atoms with Gasteiger partial charge < -0.3 is 10.0 Å². The first-order valence-corrected chi connectivity index (χ1v) is 5.98. The molecule has 64 valence electrons. The number of hydrogen-bond donors (Lipinski definition) is 2. The molecule has 4 heteroatoms. The van der Waals surface area contributed by atoms with Crippen LogP contribution in [0.5, 0.6) is 0 Å². The van der Waals surface area contributed by atoms with Gasteiger partial charge in [-0.25, -0.2) is 0 Å². The molecule has 0 unspecified atom stereocenters. The van der Waals surface area contributed by atoms with E-state index in [-0.39, 0.29) is 7.92 Å².